The molecule has 1 amide bonds. The molecule has 0 aromatic heterocycles. The van der Waals surface area contributed by atoms with Crippen molar-refractivity contribution in [2.75, 3.05) is 17.7 Å². The van der Waals surface area contributed by atoms with E-state index in [1.54, 1.807) is 31.2 Å². The Morgan fingerprint density at radius 1 is 1.07 bits per heavy atom. The summed E-state index contributed by atoms with van der Waals surface area (Å²) in [7, 11) is -1.28. The summed E-state index contributed by atoms with van der Waals surface area (Å²) in [6.07, 6.45) is 1.05. The molecule has 0 aliphatic heterocycles. The Hall–Kier alpha value is -2.47. The molecule has 2 aromatic carbocycles. The number of ether oxygens (including phenoxy) is 1. The van der Waals surface area contributed by atoms with E-state index in [4.69, 9.17) is 4.74 Å². The average molecular weight is 388 g/mol. The smallest absolute Gasteiger partial charge is 0.339 e. The molecule has 0 radical (unpaired) electrons. The maximum Gasteiger partial charge on any atom is 0.339 e. The molecule has 0 saturated heterocycles. The van der Waals surface area contributed by atoms with Crippen LogP contribution in [0, 0.1) is 0 Å². The van der Waals surface area contributed by atoms with Crippen molar-refractivity contribution in [1.82, 2.24) is 0 Å². The molecule has 1 N–H and O–H groups in total. The highest BCUT2D eigenvalue weighted by atomic mass is 32.2. The quantitative estimate of drug-likeness (QED) is 0.692. The van der Waals surface area contributed by atoms with Gasteiger partial charge in [-0.1, -0.05) is 45.0 Å². The Bertz CT molecular complexity index is 817. The number of rotatable bonds is 8. The molecule has 0 aliphatic rings. The Morgan fingerprint density at radius 2 is 1.74 bits per heavy atom. The normalized spacial score (nSPS) is 12.9. The van der Waals surface area contributed by atoms with Crippen molar-refractivity contribution >= 4 is 28.4 Å². The largest absolute Gasteiger partial charge is 0.452 e. The van der Waals surface area contributed by atoms with Crippen LogP contribution in [0.2, 0.25) is 0 Å². The first kappa shape index (κ1) is 20.8. The molecule has 0 unspecified atom stereocenters. The lowest BCUT2D eigenvalue weighted by Gasteiger charge is -2.11. The fourth-order valence-electron chi connectivity index (χ4n) is 2.53. The van der Waals surface area contributed by atoms with Crippen LogP contribution in [-0.2, 0) is 20.3 Å². The topological polar surface area (TPSA) is 72.5 Å². The first-order valence-electron chi connectivity index (χ1n) is 9.00. The minimum absolute atomic E-state index is 0.225. The van der Waals surface area contributed by atoms with Gasteiger partial charge in [0.15, 0.2) is 6.61 Å². The van der Waals surface area contributed by atoms with Crippen LogP contribution in [0.1, 0.15) is 49.0 Å². The maximum absolute atomic E-state index is 12.3. The van der Waals surface area contributed by atoms with Crippen molar-refractivity contribution in [3.8, 4) is 0 Å². The fourth-order valence-corrected chi connectivity index (χ4v) is 3.46. The summed E-state index contributed by atoms with van der Waals surface area (Å²) < 4.78 is 17.1. The highest BCUT2D eigenvalue weighted by Crippen LogP contribution is 2.20. The lowest BCUT2D eigenvalue weighted by Crippen LogP contribution is -2.21. The average Bonchev–Trinajstić information content (AvgIpc) is 2.71. The standard InChI is InChI=1S/C21H25NO4S/c1-4-15(3)16-10-12-17(13-11-16)22-20(23)14-26-21(24)18-8-6-7-9-19(18)27(25)5-2/h6-13,15H,4-5,14H2,1-3H3,(H,22,23)/t15-,27-/m0/s1. The van der Waals surface area contributed by atoms with Gasteiger partial charge in [-0.3, -0.25) is 9.00 Å². The third-order valence-corrected chi connectivity index (χ3v) is 5.70. The first-order chi connectivity index (χ1) is 13.0. The molecule has 2 rings (SSSR count). The molecule has 0 heterocycles. The Labute approximate surface area is 162 Å². The highest BCUT2D eigenvalue weighted by Gasteiger charge is 2.17. The van der Waals surface area contributed by atoms with E-state index in [9.17, 15) is 13.8 Å². The van der Waals surface area contributed by atoms with Crippen LogP contribution < -0.4 is 5.32 Å². The zero-order valence-electron chi connectivity index (χ0n) is 15.9. The third kappa shape index (κ3) is 5.76. The van der Waals surface area contributed by atoms with Crippen LogP contribution >= 0.6 is 0 Å². The zero-order valence-corrected chi connectivity index (χ0v) is 16.7. The minimum Gasteiger partial charge on any atom is -0.452 e. The van der Waals surface area contributed by atoms with Crippen LogP contribution in [0.15, 0.2) is 53.4 Å². The van der Waals surface area contributed by atoms with Gasteiger partial charge in [0.25, 0.3) is 5.91 Å². The van der Waals surface area contributed by atoms with E-state index >= 15 is 0 Å². The Morgan fingerprint density at radius 3 is 2.37 bits per heavy atom. The van der Waals surface area contributed by atoms with Crippen molar-refractivity contribution < 1.29 is 18.5 Å². The molecule has 2 aromatic rings. The molecule has 0 saturated carbocycles. The maximum atomic E-state index is 12.3. The van der Waals surface area contributed by atoms with Gasteiger partial charge in [0, 0.05) is 11.4 Å². The van der Waals surface area contributed by atoms with E-state index in [0.717, 1.165) is 6.42 Å². The summed E-state index contributed by atoms with van der Waals surface area (Å²) in [4.78, 5) is 24.7. The van der Waals surface area contributed by atoms with Gasteiger partial charge in [-0.05, 0) is 42.2 Å². The second kappa shape index (κ2) is 10.0. The number of nitrogens with one attached hydrogen (secondary N) is 1. The number of carbonyl (C=O) groups is 2. The molecule has 0 aliphatic carbocycles. The predicted octanol–water partition coefficient (Wildman–Crippen LogP) is 4.12. The Balaban J connectivity index is 1.94. The first-order valence-corrected chi connectivity index (χ1v) is 10.3. The molecule has 27 heavy (non-hydrogen) atoms. The molecule has 0 spiro atoms. The fraction of sp³-hybridized carbons (Fsp3) is 0.333. The molecular formula is C21H25NO4S. The van der Waals surface area contributed by atoms with Gasteiger partial charge in [0.1, 0.15) is 0 Å². The van der Waals surface area contributed by atoms with Gasteiger partial charge in [-0.15, -0.1) is 0 Å². The van der Waals surface area contributed by atoms with Crippen molar-refractivity contribution in [2.45, 2.75) is 38.0 Å². The van der Waals surface area contributed by atoms with Crippen LogP contribution in [0.3, 0.4) is 0 Å². The lowest BCUT2D eigenvalue weighted by atomic mass is 9.99. The molecule has 0 fully saturated rings. The molecule has 144 valence electrons. The number of hydrogen-bond donors (Lipinski definition) is 1. The van der Waals surface area contributed by atoms with Crippen LogP contribution in [0.5, 0.6) is 0 Å². The summed E-state index contributed by atoms with van der Waals surface area (Å²) in [6, 6.07) is 14.2. The number of amides is 1. The van der Waals surface area contributed by atoms with Crippen molar-refractivity contribution in [3.05, 3.63) is 59.7 Å². The van der Waals surface area contributed by atoms with E-state index in [-0.39, 0.29) is 5.56 Å². The van der Waals surface area contributed by atoms with Crippen molar-refractivity contribution in [1.29, 1.82) is 0 Å². The van der Waals surface area contributed by atoms with Gasteiger partial charge in [-0.2, -0.15) is 0 Å². The summed E-state index contributed by atoms with van der Waals surface area (Å²) in [5, 5.41) is 2.71. The summed E-state index contributed by atoms with van der Waals surface area (Å²) in [6.45, 7) is 5.65. The van der Waals surface area contributed by atoms with E-state index in [2.05, 4.69) is 19.2 Å². The van der Waals surface area contributed by atoms with E-state index < -0.39 is 29.3 Å². The molecule has 5 nitrogen and oxygen atoms in total. The third-order valence-electron chi connectivity index (χ3n) is 4.32. The summed E-state index contributed by atoms with van der Waals surface area (Å²) in [5.74, 6) is -0.218. The lowest BCUT2D eigenvalue weighted by molar-refractivity contribution is -0.119. The predicted molar refractivity (Wildman–Crippen MR) is 107 cm³/mol. The molecule has 0 bridgehead atoms. The summed E-state index contributed by atoms with van der Waals surface area (Å²) >= 11 is 0. The minimum atomic E-state index is -1.28. The number of anilines is 1. The van der Waals surface area contributed by atoms with E-state index in [1.165, 1.54) is 5.56 Å². The van der Waals surface area contributed by atoms with Crippen LogP contribution in [-0.4, -0.2) is 28.4 Å². The van der Waals surface area contributed by atoms with E-state index in [0.29, 0.717) is 22.3 Å². The molecule has 2 atom stereocenters. The van der Waals surface area contributed by atoms with Gasteiger partial charge in [-0.25, -0.2) is 4.79 Å². The van der Waals surface area contributed by atoms with Crippen molar-refractivity contribution in [3.63, 3.8) is 0 Å². The van der Waals surface area contributed by atoms with Crippen LogP contribution in [0.4, 0.5) is 5.69 Å². The van der Waals surface area contributed by atoms with Gasteiger partial charge in [0.05, 0.1) is 21.3 Å². The summed E-state index contributed by atoms with van der Waals surface area (Å²) in [5.41, 5.74) is 2.08. The molecular weight excluding hydrogens is 362 g/mol. The monoisotopic (exact) mass is 387 g/mol. The number of benzene rings is 2. The zero-order chi connectivity index (χ0) is 19.8. The highest BCUT2D eigenvalue weighted by molar-refractivity contribution is 7.85. The van der Waals surface area contributed by atoms with Gasteiger partial charge >= 0.3 is 5.97 Å². The van der Waals surface area contributed by atoms with Crippen molar-refractivity contribution in [2.24, 2.45) is 0 Å². The number of esters is 1. The second-order valence-corrected chi connectivity index (χ2v) is 7.89. The Kier molecular flexibility index (Phi) is 7.73. The molecule has 6 heteroatoms. The van der Waals surface area contributed by atoms with Gasteiger partial charge < -0.3 is 10.1 Å². The number of hydrogen-bond acceptors (Lipinski definition) is 4. The van der Waals surface area contributed by atoms with E-state index in [1.807, 2.05) is 24.3 Å². The second-order valence-electron chi connectivity index (χ2n) is 6.19. The van der Waals surface area contributed by atoms with Crippen LogP contribution in [0.25, 0.3) is 0 Å². The SMILES string of the molecule is CC[C@H](C)c1ccc(NC(=O)COC(=O)c2ccccc2[S@@](=O)CC)cc1. The van der Waals surface area contributed by atoms with Gasteiger partial charge in [0.2, 0.25) is 0 Å². The number of carbonyl (C=O) groups excluding carboxylic acids is 2.